The quantitative estimate of drug-likeness (QED) is 0.660. The van der Waals surface area contributed by atoms with Gasteiger partial charge in [0.1, 0.15) is 0 Å². The summed E-state index contributed by atoms with van der Waals surface area (Å²) in [6.45, 7) is 5.16. The zero-order chi connectivity index (χ0) is 8.27. The Balaban J connectivity index is 2.23. The van der Waals surface area contributed by atoms with Crippen LogP contribution in [0.3, 0.4) is 0 Å². The molecule has 0 aromatic rings. The molecule has 2 heteroatoms. The van der Waals surface area contributed by atoms with Crippen LogP contribution in [0.15, 0.2) is 0 Å². The summed E-state index contributed by atoms with van der Waals surface area (Å²) in [6, 6.07) is 0.352. The third-order valence-electron chi connectivity index (χ3n) is 2.30. The van der Waals surface area contributed by atoms with Crippen LogP contribution in [0.25, 0.3) is 0 Å². The van der Waals surface area contributed by atoms with Gasteiger partial charge < -0.3 is 10.5 Å². The van der Waals surface area contributed by atoms with Gasteiger partial charge in [0.15, 0.2) is 0 Å². The molecule has 1 aliphatic heterocycles. The molecule has 0 bridgehead atoms. The van der Waals surface area contributed by atoms with E-state index in [0.29, 0.717) is 12.1 Å². The number of hydrogen-bond donors (Lipinski definition) is 1. The van der Waals surface area contributed by atoms with Crippen LogP contribution in [-0.4, -0.2) is 18.8 Å². The van der Waals surface area contributed by atoms with E-state index < -0.39 is 0 Å². The first-order valence-corrected chi connectivity index (χ1v) is 4.55. The summed E-state index contributed by atoms with van der Waals surface area (Å²) in [5, 5.41) is 0. The first-order valence-electron chi connectivity index (χ1n) is 4.55. The van der Waals surface area contributed by atoms with E-state index in [4.69, 9.17) is 10.5 Å². The molecule has 3 atom stereocenters. The largest absolute Gasteiger partial charge is 0.378 e. The summed E-state index contributed by atoms with van der Waals surface area (Å²) in [5.41, 5.74) is 5.73. The highest BCUT2D eigenvalue weighted by Crippen LogP contribution is 2.23. The normalized spacial score (nSPS) is 35.2. The summed E-state index contributed by atoms with van der Waals surface area (Å²) in [5.74, 6) is 0.804. The van der Waals surface area contributed by atoms with Gasteiger partial charge >= 0.3 is 0 Å². The maximum absolute atomic E-state index is 5.73. The van der Waals surface area contributed by atoms with Crippen LogP contribution in [0, 0.1) is 5.92 Å². The van der Waals surface area contributed by atoms with Gasteiger partial charge in [-0.3, -0.25) is 0 Å². The van der Waals surface area contributed by atoms with Crippen molar-refractivity contribution in [3.63, 3.8) is 0 Å². The molecule has 11 heavy (non-hydrogen) atoms. The number of hydrogen-bond acceptors (Lipinski definition) is 2. The highest BCUT2D eigenvalue weighted by Gasteiger charge is 2.19. The molecule has 66 valence electrons. The molecule has 1 rings (SSSR count). The van der Waals surface area contributed by atoms with E-state index in [2.05, 4.69) is 13.8 Å². The first kappa shape index (κ1) is 9.01. The van der Waals surface area contributed by atoms with E-state index >= 15 is 0 Å². The van der Waals surface area contributed by atoms with Crippen molar-refractivity contribution in [3.05, 3.63) is 0 Å². The van der Waals surface area contributed by atoms with E-state index in [0.717, 1.165) is 18.9 Å². The Hall–Kier alpha value is -0.0800. The summed E-state index contributed by atoms with van der Waals surface area (Å²) < 4.78 is 5.45. The molecular weight excluding hydrogens is 138 g/mol. The molecule has 0 aromatic heterocycles. The highest BCUT2D eigenvalue weighted by molar-refractivity contribution is 4.71. The van der Waals surface area contributed by atoms with Gasteiger partial charge in [-0.1, -0.05) is 0 Å². The maximum Gasteiger partial charge on any atom is 0.0549 e. The van der Waals surface area contributed by atoms with Gasteiger partial charge in [-0.2, -0.15) is 0 Å². The minimum Gasteiger partial charge on any atom is -0.378 e. The Labute approximate surface area is 69.1 Å². The maximum atomic E-state index is 5.73. The lowest BCUT2D eigenvalue weighted by atomic mass is 9.90. The van der Waals surface area contributed by atoms with Crippen LogP contribution >= 0.6 is 0 Å². The Morgan fingerprint density at radius 2 is 2.36 bits per heavy atom. The Bertz CT molecular complexity index is 112. The SMILES string of the molecule is CC(N)CC1CCOC(C)C1. The Morgan fingerprint density at radius 1 is 1.64 bits per heavy atom. The van der Waals surface area contributed by atoms with Crippen molar-refractivity contribution in [2.75, 3.05) is 6.61 Å². The highest BCUT2D eigenvalue weighted by atomic mass is 16.5. The number of ether oxygens (including phenoxy) is 1. The van der Waals surface area contributed by atoms with Crippen molar-refractivity contribution in [2.24, 2.45) is 11.7 Å². The molecule has 2 N–H and O–H groups in total. The third kappa shape index (κ3) is 3.21. The van der Waals surface area contributed by atoms with Crippen LogP contribution in [0.4, 0.5) is 0 Å². The van der Waals surface area contributed by atoms with Gasteiger partial charge in [0, 0.05) is 12.6 Å². The molecule has 0 aromatic carbocycles. The molecule has 0 radical (unpaired) electrons. The number of nitrogens with two attached hydrogens (primary N) is 1. The monoisotopic (exact) mass is 157 g/mol. The van der Waals surface area contributed by atoms with Crippen molar-refractivity contribution >= 4 is 0 Å². The molecule has 2 nitrogen and oxygen atoms in total. The van der Waals surface area contributed by atoms with Gasteiger partial charge in [-0.05, 0) is 39.0 Å². The molecule has 1 aliphatic rings. The zero-order valence-electron chi connectivity index (χ0n) is 7.55. The molecule has 0 saturated carbocycles. The number of rotatable bonds is 2. The van der Waals surface area contributed by atoms with E-state index in [1.54, 1.807) is 0 Å². The predicted molar refractivity (Wildman–Crippen MR) is 46.4 cm³/mol. The van der Waals surface area contributed by atoms with Crippen molar-refractivity contribution < 1.29 is 4.74 Å². The fourth-order valence-corrected chi connectivity index (χ4v) is 1.83. The van der Waals surface area contributed by atoms with Crippen molar-refractivity contribution in [1.82, 2.24) is 0 Å². The fourth-order valence-electron chi connectivity index (χ4n) is 1.83. The van der Waals surface area contributed by atoms with Gasteiger partial charge in [0.2, 0.25) is 0 Å². The molecule has 0 amide bonds. The van der Waals surface area contributed by atoms with Crippen LogP contribution in [0.1, 0.15) is 33.1 Å². The zero-order valence-corrected chi connectivity index (χ0v) is 7.55. The second kappa shape index (κ2) is 4.07. The molecule has 1 heterocycles. The fraction of sp³-hybridized carbons (Fsp3) is 1.00. The average Bonchev–Trinajstić information content (AvgIpc) is 1.85. The smallest absolute Gasteiger partial charge is 0.0549 e. The molecular formula is C9H19NO. The lowest BCUT2D eigenvalue weighted by Crippen LogP contribution is -2.28. The van der Waals surface area contributed by atoms with Crippen molar-refractivity contribution in [1.29, 1.82) is 0 Å². The summed E-state index contributed by atoms with van der Waals surface area (Å²) in [4.78, 5) is 0. The summed E-state index contributed by atoms with van der Waals surface area (Å²) >= 11 is 0. The minimum absolute atomic E-state index is 0.352. The van der Waals surface area contributed by atoms with Crippen molar-refractivity contribution in [3.8, 4) is 0 Å². The second-order valence-electron chi connectivity index (χ2n) is 3.78. The average molecular weight is 157 g/mol. The molecule has 0 aliphatic carbocycles. The standard InChI is InChI=1S/C9H19NO/c1-7(10)5-9-3-4-11-8(2)6-9/h7-9H,3-6,10H2,1-2H3. The summed E-state index contributed by atoms with van der Waals surface area (Å²) in [7, 11) is 0. The van der Waals surface area contributed by atoms with Crippen LogP contribution in [-0.2, 0) is 4.74 Å². The topological polar surface area (TPSA) is 35.2 Å². The lowest BCUT2D eigenvalue weighted by Gasteiger charge is -2.28. The van der Waals surface area contributed by atoms with Gasteiger partial charge in [-0.25, -0.2) is 0 Å². The Kier molecular flexibility index (Phi) is 3.34. The van der Waals surface area contributed by atoms with E-state index in [9.17, 15) is 0 Å². The Morgan fingerprint density at radius 3 is 2.91 bits per heavy atom. The summed E-state index contributed by atoms with van der Waals surface area (Å²) in [6.07, 6.45) is 4.01. The van der Waals surface area contributed by atoms with Gasteiger partial charge in [0.25, 0.3) is 0 Å². The van der Waals surface area contributed by atoms with Crippen LogP contribution < -0.4 is 5.73 Å². The van der Waals surface area contributed by atoms with Gasteiger partial charge in [0.05, 0.1) is 6.10 Å². The van der Waals surface area contributed by atoms with Gasteiger partial charge in [-0.15, -0.1) is 0 Å². The molecule has 3 unspecified atom stereocenters. The molecule has 0 spiro atoms. The van der Waals surface area contributed by atoms with Crippen LogP contribution in [0.2, 0.25) is 0 Å². The van der Waals surface area contributed by atoms with E-state index in [-0.39, 0.29) is 0 Å². The molecule has 1 saturated heterocycles. The predicted octanol–water partition coefficient (Wildman–Crippen LogP) is 1.54. The van der Waals surface area contributed by atoms with Crippen molar-refractivity contribution in [2.45, 2.75) is 45.3 Å². The van der Waals surface area contributed by atoms with E-state index in [1.807, 2.05) is 0 Å². The lowest BCUT2D eigenvalue weighted by molar-refractivity contribution is -0.000130. The second-order valence-corrected chi connectivity index (χ2v) is 3.78. The van der Waals surface area contributed by atoms with Crippen LogP contribution in [0.5, 0.6) is 0 Å². The van der Waals surface area contributed by atoms with E-state index in [1.165, 1.54) is 12.8 Å². The minimum atomic E-state index is 0.352. The third-order valence-corrected chi connectivity index (χ3v) is 2.30. The first-order chi connectivity index (χ1) is 5.18. The molecule has 1 fully saturated rings.